The molecule has 0 radical (unpaired) electrons. The van der Waals surface area contributed by atoms with Crippen LogP contribution in [0.15, 0.2) is 59.5 Å². The first-order valence-electron chi connectivity index (χ1n) is 9.81. The second kappa shape index (κ2) is 7.74. The number of piperazine rings is 1. The van der Waals surface area contributed by atoms with Crippen LogP contribution in [0.3, 0.4) is 0 Å². The van der Waals surface area contributed by atoms with Gasteiger partial charge in [-0.25, -0.2) is 16.8 Å². The lowest BCUT2D eigenvalue weighted by Gasteiger charge is -2.40. The Bertz CT molecular complexity index is 1080. The van der Waals surface area contributed by atoms with E-state index in [0.717, 1.165) is 18.8 Å². The maximum atomic E-state index is 13.2. The third-order valence-corrected chi connectivity index (χ3v) is 10.0. The maximum absolute atomic E-state index is 13.2. The summed E-state index contributed by atoms with van der Waals surface area (Å²) in [6, 6.07) is 16.0. The van der Waals surface area contributed by atoms with E-state index in [9.17, 15) is 16.8 Å². The fourth-order valence-electron chi connectivity index (χ4n) is 4.36. The van der Waals surface area contributed by atoms with Crippen LogP contribution in [-0.2, 0) is 19.7 Å². The summed E-state index contributed by atoms with van der Waals surface area (Å²) in [5.41, 5.74) is 2.35. The Labute approximate surface area is 173 Å². The minimum absolute atomic E-state index is 0.0891. The van der Waals surface area contributed by atoms with E-state index in [-0.39, 0.29) is 16.4 Å². The minimum Gasteiger partial charge on any atom is -0.369 e. The second-order valence-corrected chi connectivity index (χ2v) is 12.2. The average molecular weight is 435 g/mol. The first kappa shape index (κ1) is 20.4. The Morgan fingerprint density at radius 1 is 0.897 bits per heavy atom. The van der Waals surface area contributed by atoms with Crippen molar-refractivity contribution in [3.05, 3.63) is 60.2 Å². The van der Waals surface area contributed by atoms with Gasteiger partial charge in [-0.2, -0.15) is 0 Å². The lowest BCUT2D eigenvalue weighted by Crippen LogP contribution is -2.55. The molecule has 0 spiro atoms. The molecule has 4 rings (SSSR count). The molecule has 0 N–H and O–H groups in total. The van der Waals surface area contributed by atoms with Crippen molar-refractivity contribution in [2.24, 2.45) is 0 Å². The minimum atomic E-state index is -3.71. The van der Waals surface area contributed by atoms with Gasteiger partial charge < -0.3 is 4.90 Å². The molecule has 2 aliphatic rings. The fraction of sp³-hybridized carbons (Fsp3) is 0.429. The number of anilines is 1. The van der Waals surface area contributed by atoms with Crippen LogP contribution >= 0.6 is 0 Å². The predicted molar refractivity (Wildman–Crippen MR) is 115 cm³/mol. The Kier molecular flexibility index (Phi) is 5.44. The van der Waals surface area contributed by atoms with E-state index < -0.39 is 31.0 Å². The summed E-state index contributed by atoms with van der Waals surface area (Å²) in [7, 11) is -7.10. The summed E-state index contributed by atoms with van der Waals surface area (Å²) in [4.78, 5) is 4.53. The van der Waals surface area contributed by atoms with Crippen molar-refractivity contribution in [3.63, 3.8) is 0 Å². The summed E-state index contributed by atoms with van der Waals surface area (Å²) in [6.45, 7) is 4.85. The van der Waals surface area contributed by atoms with E-state index in [0.29, 0.717) is 13.1 Å². The summed E-state index contributed by atoms with van der Waals surface area (Å²) in [5.74, 6) is -0.388. The van der Waals surface area contributed by atoms with Crippen molar-refractivity contribution >= 4 is 25.4 Å². The molecule has 6 nitrogen and oxygen atoms in total. The molecule has 2 aliphatic heterocycles. The zero-order chi connectivity index (χ0) is 20.6. The van der Waals surface area contributed by atoms with E-state index in [2.05, 4.69) is 34.9 Å². The Morgan fingerprint density at radius 2 is 1.59 bits per heavy atom. The smallest absolute Gasteiger partial charge is 0.183 e. The highest BCUT2D eigenvalue weighted by Crippen LogP contribution is 2.30. The van der Waals surface area contributed by atoms with Gasteiger partial charge in [-0.1, -0.05) is 30.3 Å². The molecular formula is C21H26N2O4S2. The SMILES string of the molecule is Cc1cccc(N2CCN([C@H]3CS(=O)(=O)C[C@@H]3S(=O)(=O)c3ccccc3)CC2)c1. The van der Waals surface area contributed by atoms with Crippen molar-refractivity contribution in [2.45, 2.75) is 23.1 Å². The predicted octanol–water partition coefficient (Wildman–Crippen LogP) is 1.76. The van der Waals surface area contributed by atoms with E-state index in [1.165, 1.54) is 5.56 Å². The molecule has 0 amide bonds. The molecule has 8 heteroatoms. The highest BCUT2D eigenvalue weighted by atomic mass is 32.2. The standard InChI is InChI=1S/C21H26N2O4S2/c1-17-6-5-7-18(14-17)22-10-12-23(13-11-22)20-15-28(24,25)16-21(20)29(26,27)19-8-3-2-4-9-19/h2-9,14,20-21H,10-13,15-16H2,1H3/t20-,21-/m0/s1. The zero-order valence-electron chi connectivity index (χ0n) is 16.4. The molecule has 29 heavy (non-hydrogen) atoms. The largest absolute Gasteiger partial charge is 0.369 e. The van der Waals surface area contributed by atoms with E-state index in [1.807, 2.05) is 6.07 Å². The average Bonchev–Trinajstić information content (AvgIpc) is 3.05. The third kappa shape index (κ3) is 4.20. The summed E-state index contributed by atoms with van der Waals surface area (Å²) in [5, 5.41) is -0.916. The van der Waals surface area contributed by atoms with E-state index in [4.69, 9.17) is 0 Å². The van der Waals surface area contributed by atoms with E-state index >= 15 is 0 Å². The molecule has 0 bridgehead atoms. The van der Waals surface area contributed by atoms with Crippen molar-refractivity contribution in [1.29, 1.82) is 0 Å². The van der Waals surface area contributed by atoms with Gasteiger partial charge in [0.05, 0.1) is 21.7 Å². The topological polar surface area (TPSA) is 74.8 Å². The Morgan fingerprint density at radius 3 is 2.24 bits per heavy atom. The molecule has 156 valence electrons. The zero-order valence-corrected chi connectivity index (χ0v) is 18.1. The van der Waals surface area contributed by atoms with Crippen LogP contribution in [0.1, 0.15) is 5.56 Å². The molecule has 2 saturated heterocycles. The van der Waals surface area contributed by atoms with Gasteiger partial charge in [0, 0.05) is 37.9 Å². The van der Waals surface area contributed by atoms with Crippen LogP contribution < -0.4 is 4.90 Å². The van der Waals surface area contributed by atoms with Gasteiger partial charge in [0.15, 0.2) is 19.7 Å². The maximum Gasteiger partial charge on any atom is 0.183 e. The monoisotopic (exact) mass is 434 g/mol. The molecule has 2 fully saturated rings. The van der Waals surface area contributed by atoms with Gasteiger partial charge >= 0.3 is 0 Å². The van der Waals surface area contributed by atoms with Crippen molar-refractivity contribution in [1.82, 2.24) is 4.90 Å². The molecule has 2 heterocycles. The van der Waals surface area contributed by atoms with Gasteiger partial charge in [0.25, 0.3) is 0 Å². The van der Waals surface area contributed by atoms with Crippen LogP contribution in [0, 0.1) is 6.92 Å². The summed E-state index contributed by atoms with van der Waals surface area (Å²) >= 11 is 0. The third-order valence-electron chi connectivity index (χ3n) is 5.89. The number of hydrogen-bond donors (Lipinski definition) is 0. The van der Waals surface area contributed by atoms with Crippen LogP contribution in [0.4, 0.5) is 5.69 Å². The molecule has 0 aromatic heterocycles. The molecule has 0 saturated carbocycles. The van der Waals surface area contributed by atoms with Crippen LogP contribution in [0.5, 0.6) is 0 Å². The van der Waals surface area contributed by atoms with Crippen molar-refractivity contribution < 1.29 is 16.8 Å². The summed E-state index contributed by atoms with van der Waals surface area (Å²) in [6.07, 6.45) is 0. The number of nitrogens with zero attached hydrogens (tertiary/aromatic N) is 2. The lowest BCUT2D eigenvalue weighted by molar-refractivity contribution is 0.201. The fourth-order valence-corrected chi connectivity index (χ4v) is 9.21. The second-order valence-electron chi connectivity index (χ2n) is 7.90. The quantitative estimate of drug-likeness (QED) is 0.730. The van der Waals surface area contributed by atoms with Crippen molar-refractivity contribution in [3.8, 4) is 0 Å². The van der Waals surface area contributed by atoms with Gasteiger partial charge in [0.1, 0.15) is 0 Å². The molecule has 2 atom stereocenters. The number of rotatable bonds is 4. The highest BCUT2D eigenvalue weighted by molar-refractivity contribution is 7.96. The molecule has 0 aliphatic carbocycles. The molecular weight excluding hydrogens is 408 g/mol. The number of sulfone groups is 2. The van der Waals surface area contributed by atoms with Crippen LogP contribution in [0.25, 0.3) is 0 Å². The van der Waals surface area contributed by atoms with Gasteiger partial charge in [-0.05, 0) is 36.8 Å². The van der Waals surface area contributed by atoms with Gasteiger partial charge in [-0.15, -0.1) is 0 Å². The Hall–Kier alpha value is -1.90. The van der Waals surface area contributed by atoms with Crippen LogP contribution in [-0.4, -0.2) is 70.7 Å². The van der Waals surface area contributed by atoms with Crippen LogP contribution in [0.2, 0.25) is 0 Å². The van der Waals surface area contributed by atoms with Gasteiger partial charge in [-0.3, -0.25) is 4.90 Å². The number of benzene rings is 2. The number of hydrogen-bond acceptors (Lipinski definition) is 6. The Balaban J connectivity index is 1.54. The highest BCUT2D eigenvalue weighted by Gasteiger charge is 2.48. The lowest BCUT2D eigenvalue weighted by atomic mass is 10.1. The molecule has 0 unspecified atom stereocenters. The molecule has 2 aromatic rings. The van der Waals surface area contributed by atoms with Gasteiger partial charge in [0.2, 0.25) is 0 Å². The van der Waals surface area contributed by atoms with E-state index in [1.54, 1.807) is 30.3 Å². The van der Waals surface area contributed by atoms with Crippen molar-refractivity contribution in [2.75, 3.05) is 42.6 Å². The molecule has 2 aromatic carbocycles. The number of aryl methyl sites for hydroxylation is 1. The first-order valence-corrected chi connectivity index (χ1v) is 13.2. The normalized spacial score (nSPS) is 25.2. The first-order chi connectivity index (χ1) is 13.8. The summed E-state index contributed by atoms with van der Waals surface area (Å²) < 4.78 is 51.2.